The van der Waals surface area contributed by atoms with Gasteiger partial charge in [-0.2, -0.15) is 18.3 Å². The van der Waals surface area contributed by atoms with Crippen LogP contribution in [-0.4, -0.2) is 18.2 Å². The van der Waals surface area contributed by atoms with Crippen molar-refractivity contribution in [2.75, 3.05) is 4.72 Å². The molecule has 0 amide bonds. The number of alkyl halides is 3. The van der Waals surface area contributed by atoms with Crippen molar-refractivity contribution in [1.29, 1.82) is 0 Å². The van der Waals surface area contributed by atoms with Gasteiger partial charge < -0.3 is 0 Å². The number of nitrogens with one attached hydrogen (secondary N) is 1. The molecule has 1 N–H and O–H groups in total. The summed E-state index contributed by atoms with van der Waals surface area (Å²) in [5.74, 6) is 0. The highest BCUT2D eigenvalue weighted by atomic mass is 35.5. The quantitative estimate of drug-likeness (QED) is 0.916. The maximum absolute atomic E-state index is 12.8. The number of benzene rings is 1. The van der Waals surface area contributed by atoms with Crippen molar-refractivity contribution < 1.29 is 21.6 Å². The van der Waals surface area contributed by atoms with Gasteiger partial charge in [0.2, 0.25) is 0 Å². The van der Waals surface area contributed by atoms with Crippen molar-refractivity contribution in [2.45, 2.75) is 24.5 Å². The molecule has 0 saturated carbocycles. The molecule has 1 heterocycles. The highest BCUT2D eigenvalue weighted by Crippen LogP contribution is 2.36. The van der Waals surface area contributed by atoms with Crippen LogP contribution in [0.3, 0.4) is 0 Å². The van der Waals surface area contributed by atoms with Crippen LogP contribution in [0.1, 0.15) is 12.5 Å². The molecule has 0 fully saturated rings. The number of hydrogen-bond donors (Lipinski definition) is 1. The predicted molar refractivity (Wildman–Crippen MR) is 75.2 cm³/mol. The Morgan fingerprint density at radius 3 is 2.59 bits per heavy atom. The topological polar surface area (TPSA) is 64.0 Å². The van der Waals surface area contributed by atoms with Gasteiger partial charge in [0.25, 0.3) is 10.0 Å². The zero-order valence-corrected chi connectivity index (χ0v) is 12.8. The van der Waals surface area contributed by atoms with Crippen molar-refractivity contribution >= 4 is 27.3 Å². The molecule has 5 nitrogen and oxygen atoms in total. The molecule has 0 aliphatic carbocycles. The predicted octanol–water partition coefficient (Wildman–Crippen LogP) is 3.38. The number of hydrogen-bond acceptors (Lipinski definition) is 3. The maximum atomic E-state index is 12.8. The average molecular weight is 354 g/mol. The van der Waals surface area contributed by atoms with Crippen LogP contribution in [0, 0.1) is 0 Å². The summed E-state index contributed by atoms with van der Waals surface area (Å²) in [4.78, 5) is -0.141. The SMILES string of the molecule is CCn1cc(S(=O)(=O)Nc2ccc(Cl)c(C(F)(F)F)c2)cn1. The van der Waals surface area contributed by atoms with E-state index in [9.17, 15) is 21.6 Å². The van der Waals surface area contributed by atoms with E-state index in [4.69, 9.17) is 11.6 Å². The van der Waals surface area contributed by atoms with E-state index >= 15 is 0 Å². The lowest BCUT2D eigenvalue weighted by Crippen LogP contribution is -2.14. The number of anilines is 1. The van der Waals surface area contributed by atoms with Crippen molar-refractivity contribution in [2.24, 2.45) is 0 Å². The van der Waals surface area contributed by atoms with Crippen LogP contribution in [0.5, 0.6) is 0 Å². The highest BCUT2D eigenvalue weighted by Gasteiger charge is 2.33. The van der Waals surface area contributed by atoms with Gasteiger partial charge in [-0.25, -0.2) is 8.42 Å². The summed E-state index contributed by atoms with van der Waals surface area (Å²) in [6, 6.07) is 2.78. The van der Waals surface area contributed by atoms with Gasteiger partial charge in [-0.1, -0.05) is 11.6 Å². The normalized spacial score (nSPS) is 12.4. The Bertz CT molecular complexity index is 787. The Hall–Kier alpha value is -1.74. The van der Waals surface area contributed by atoms with E-state index in [1.807, 2.05) is 0 Å². The summed E-state index contributed by atoms with van der Waals surface area (Å²) in [5.41, 5.74) is -1.35. The molecule has 22 heavy (non-hydrogen) atoms. The first-order valence-corrected chi connectivity index (χ1v) is 7.91. The third kappa shape index (κ3) is 3.53. The summed E-state index contributed by atoms with van der Waals surface area (Å²) in [6.07, 6.45) is -2.28. The van der Waals surface area contributed by atoms with Crippen molar-refractivity contribution in [3.63, 3.8) is 0 Å². The molecule has 2 rings (SSSR count). The lowest BCUT2D eigenvalue weighted by molar-refractivity contribution is -0.137. The second kappa shape index (κ2) is 5.81. The van der Waals surface area contributed by atoms with Gasteiger partial charge in [-0.15, -0.1) is 0 Å². The molecule has 0 radical (unpaired) electrons. The Labute approximate surface area is 129 Å². The van der Waals surface area contributed by atoms with Gasteiger partial charge in [0.05, 0.1) is 16.8 Å². The standard InChI is InChI=1S/C12H11ClF3N3O2S/c1-2-19-7-9(6-17-19)22(20,21)18-8-3-4-11(13)10(5-8)12(14,15)16/h3-7,18H,2H2,1H3. The molecule has 2 aromatic rings. The summed E-state index contributed by atoms with van der Waals surface area (Å²) in [7, 11) is -4.02. The Balaban J connectivity index is 2.34. The molecule has 0 unspecified atom stereocenters. The molecular weight excluding hydrogens is 343 g/mol. The van der Waals surface area contributed by atoms with Gasteiger partial charge in [-0.3, -0.25) is 9.40 Å². The lowest BCUT2D eigenvalue weighted by atomic mass is 10.2. The molecule has 0 atom stereocenters. The molecule has 10 heteroatoms. The number of rotatable bonds is 4. The minimum Gasteiger partial charge on any atom is -0.280 e. The number of halogens is 4. The van der Waals surface area contributed by atoms with E-state index in [1.54, 1.807) is 6.92 Å². The smallest absolute Gasteiger partial charge is 0.280 e. The lowest BCUT2D eigenvalue weighted by Gasteiger charge is -2.12. The van der Waals surface area contributed by atoms with E-state index in [0.29, 0.717) is 12.6 Å². The van der Waals surface area contributed by atoms with Crippen LogP contribution in [-0.2, 0) is 22.7 Å². The third-order valence-electron chi connectivity index (χ3n) is 2.77. The zero-order chi connectivity index (χ0) is 16.5. The van der Waals surface area contributed by atoms with Gasteiger partial charge in [0, 0.05) is 18.4 Å². The fraction of sp³-hybridized carbons (Fsp3) is 0.250. The Morgan fingerprint density at radius 2 is 2.05 bits per heavy atom. The van der Waals surface area contributed by atoms with Crippen LogP contribution in [0.4, 0.5) is 18.9 Å². The van der Waals surface area contributed by atoms with Gasteiger partial charge >= 0.3 is 6.18 Å². The second-order valence-corrected chi connectivity index (χ2v) is 6.42. The van der Waals surface area contributed by atoms with Crippen LogP contribution < -0.4 is 4.72 Å². The summed E-state index contributed by atoms with van der Waals surface area (Å²) in [6.45, 7) is 2.24. The molecule has 1 aromatic heterocycles. The summed E-state index contributed by atoms with van der Waals surface area (Å²) >= 11 is 5.48. The van der Waals surface area contributed by atoms with Crippen LogP contribution in [0.2, 0.25) is 5.02 Å². The Kier molecular flexibility index (Phi) is 4.39. The number of aryl methyl sites for hydroxylation is 1. The van der Waals surface area contributed by atoms with Crippen LogP contribution >= 0.6 is 11.6 Å². The number of sulfonamides is 1. The molecule has 1 aromatic carbocycles. The Morgan fingerprint density at radius 1 is 1.36 bits per heavy atom. The highest BCUT2D eigenvalue weighted by molar-refractivity contribution is 7.92. The fourth-order valence-electron chi connectivity index (χ4n) is 1.68. The van der Waals surface area contributed by atoms with E-state index in [0.717, 1.165) is 18.3 Å². The van der Waals surface area contributed by atoms with Gasteiger partial charge in [-0.05, 0) is 25.1 Å². The molecule has 0 bridgehead atoms. The minimum atomic E-state index is -4.67. The third-order valence-corrected chi connectivity index (χ3v) is 4.43. The van der Waals surface area contributed by atoms with E-state index < -0.39 is 26.8 Å². The molecule has 0 aliphatic rings. The maximum Gasteiger partial charge on any atom is 0.417 e. The fourth-order valence-corrected chi connectivity index (χ4v) is 2.90. The molecule has 0 aliphatic heterocycles. The molecule has 0 saturated heterocycles. The minimum absolute atomic E-state index is 0.141. The summed E-state index contributed by atoms with van der Waals surface area (Å²) in [5, 5.41) is 3.30. The molecule has 0 spiro atoms. The first-order chi connectivity index (χ1) is 10.1. The molecular formula is C12H11ClF3N3O2S. The molecule has 120 valence electrons. The first kappa shape index (κ1) is 16.6. The second-order valence-electron chi connectivity index (χ2n) is 4.33. The van der Waals surface area contributed by atoms with Crippen molar-refractivity contribution in [1.82, 2.24) is 9.78 Å². The van der Waals surface area contributed by atoms with Crippen molar-refractivity contribution in [3.8, 4) is 0 Å². The van der Waals surface area contributed by atoms with E-state index in [-0.39, 0.29) is 10.6 Å². The van der Waals surface area contributed by atoms with Gasteiger partial charge in [0.15, 0.2) is 0 Å². The van der Waals surface area contributed by atoms with E-state index in [1.165, 1.54) is 10.9 Å². The average Bonchev–Trinajstić information content (AvgIpc) is 2.89. The first-order valence-electron chi connectivity index (χ1n) is 6.05. The number of nitrogens with zero attached hydrogens (tertiary/aromatic N) is 2. The largest absolute Gasteiger partial charge is 0.417 e. The number of aromatic nitrogens is 2. The zero-order valence-electron chi connectivity index (χ0n) is 11.2. The monoisotopic (exact) mass is 353 g/mol. The van der Waals surface area contributed by atoms with Gasteiger partial charge in [0.1, 0.15) is 4.90 Å². The van der Waals surface area contributed by atoms with Crippen LogP contribution in [0.15, 0.2) is 35.5 Å². The van der Waals surface area contributed by atoms with Crippen LogP contribution in [0.25, 0.3) is 0 Å². The van der Waals surface area contributed by atoms with E-state index in [2.05, 4.69) is 9.82 Å². The van der Waals surface area contributed by atoms with Crippen molar-refractivity contribution in [3.05, 3.63) is 41.2 Å². The summed E-state index contributed by atoms with van der Waals surface area (Å²) < 4.78 is 65.9.